The number of piperidine rings is 1. The van der Waals surface area contributed by atoms with E-state index in [-0.39, 0.29) is 24.4 Å². The van der Waals surface area contributed by atoms with Crippen LogP contribution in [0, 0.1) is 17.8 Å². The fourth-order valence-corrected chi connectivity index (χ4v) is 8.56. The van der Waals surface area contributed by atoms with Crippen molar-refractivity contribution in [3.63, 3.8) is 0 Å². The van der Waals surface area contributed by atoms with E-state index in [1.165, 1.54) is 0 Å². The van der Waals surface area contributed by atoms with Gasteiger partial charge >= 0.3 is 11.9 Å². The Hall–Kier alpha value is -5.24. The summed E-state index contributed by atoms with van der Waals surface area (Å²) in [5, 5.41) is 17.7. The van der Waals surface area contributed by atoms with Crippen molar-refractivity contribution in [2.45, 2.75) is 17.0 Å². The Morgan fingerprint density at radius 1 is 0.776 bits per heavy atom. The highest BCUT2D eigenvalue weighted by Gasteiger charge is 2.73. The molecule has 2 aliphatic carbocycles. The fraction of sp³-hybridized carbons (Fsp3) is 0.238. The number of carboxylic acid groups (broad SMARTS) is 1. The molecule has 2 fully saturated rings. The molecule has 8 rings (SSSR count). The predicted octanol–water partition coefficient (Wildman–Crippen LogP) is 6.22. The third kappa shape index (κ3) is 4.95. The zero-order valence-corrected chi connectivity index (χ0v) is 27.2. The summed E-state index contributed by atoms with van der Waals surface area (Å²) >= 11 is 0. The fourth-order valence-electron chi connectivity index (χ4n) is 8.56. The molecule has 7 nitrogen and oxygen atoms in total. The molecule has 3 aliphatic rings. The maximum Gasteiger partial charge on any atom is 0.338 e. The van der Waals surface area contributed by atoms with Crippen molar-refractivity contribution in [1.82, 2.24) is 10.6 Å². The van der Waals surface area contributed by atoms with Crippen molar-refractivity contribution >= 4 is 11.9 Å². The summed E-state index contributed by atoms with van der Waals surface area (Å²) in [6, 6.07) is 44.9. The van der Waals surface area contributed by atoms with Gasteiger partial charge in [0.1, 0.15) is 12.4 Å². The van der Waals surface area contributed by atoms with Crippen molar-refractivity contribution in [3.8, 4) is 16.9 Å². The Morgan fingerprint density at radius 3 is 1.86 bits per heavy atom. The van der Waals surface area contributed by atoms with Crippen LogP contribution in [0.15, 0.2) is 133 Å². The van der Waals surface area contributed by atoms with Gasteiger partial charge < -0.3 is 14.6 Å². The van der Waals surface area contributed by atoms with E-state index in [1.807, 2.05) is 72.8 Å². The number of carboxylic acids is 1. The average Bonchev–Trinajstić information content (AvgIpc) is 3.53. The van der Waals surface area contributed by atoms with Gasteiger partial charge in [-0.2, -0.15) is 0 Å². The maximum atomic E-state index is 14.0. The van der Waals surface area contributed by atoms with Gasteiger partial charge in [-0.05, 0) is 62.9 Å². The summed E-state index contributed by atoms with van der Waals surface area (Å²) in [5.41, 5.74) is 4.99. The van der Waals surface area contributed by atoms with E-state index in [0.717, 1.165) is 44.7 Å². The maximum absolute atomic E-state index is 14.0. The second kappa shape index (κ2) is 12.3. The molecule has 5 aromatic carbocycles. The van der Waals surface area contributed by atoms with E-state index < -0.39 is 28.9 Å². The van der Waals surface area contributed by atoms with Crippen molar-refractivity contribution in [3.05, 3.63) is 161 Å². The summed E-state index contributed by atoms with van der Waals surface area (Å²) in [6.07, 6.45) is 0. The van der Waals surface area contributed by atoms with Crippen LogP contribution in [0.5, 0.6) is 5.75 Å². The summed E-state index contributed by atoms with van der Waals surface area (Å²) in [6.45, 7) is 1.00. The number of rotatable bonds is 11. The molecule has 0 amide bonds. The number of aliphatic carboxylic acids is 1. The largest absolute Gasteiger partial charge is 0.497 e. The van der Waals surface area contributed by atoms with Crippen LogP contribution in [-0.4, -0.2) is 49.4 Å². The minimum Gasteiger partial charge on any atom is -0.497 e. The van der Waals surface area contributed by atoms with Crippen LogP contribution in [0.25, 0.3) is 11.1 Å². The Bertz CT molecular complexity index is 1910. The second-order valence-electron chi connectivity index (χ2n) is 13.3. The lowest BCUT2D eigenvalue weighted by atomic mass is 9.76. The first kappa shape index (κ1) is 31.1. The molecule has 1 saturated heterocycles. The lowest BCUT2D eigenvalue weighted by molar-refractivity contribution is -0.164. The first-order chi connectivity index (χ1) is 24.0. The number of hydrogen-bond donors (Lipinski definition) is 3. The van der Waals surface area contributed by atoms with E-state index in [4.69, 9.17) is 9.47 Å². The molecule has 0 radical (unpaired) electrons. The van der Waals surface area contributed by atoms with Crippen LogP contribution in [0.2, 0.25) is 0 Å². The third-order valence-electron chi connectivity index (χ3n) is 11.0. The number of carbonyl (C=O) groups is 2. The SMILES string of the molecule is COc1ccc(C(NC[C@@H]2[C@H]3CN[C@@](C(=O)O)(C(=O)OCC4c5ccccc5-c5ccccc54)[C@@H]23)(c2ccccc2)c2ccccc2)cc1. The molecule has 246 valence electrons. The van der Waals surface area contributed by atoms with Gasteiger partial charge in [0, 0.05) is 24.9 Å². The molecule has 4 atom stereocenters. The topological polar surface area (TPSA) is 96.9 Å². The normalized spacial score (nSPS) is 22.1. The summed E-state index contributed by atoms with van der Waals surface area (Å²) in [7, 11) is 1.65. The number of benzene rings is 5. The molecule has 0 bridgehead atoms. The molecule has 0 aromatic heterocycles. The Morgan fingerprint density at radius 2 is 1.31 bits per heavy atom. The highest BCUT2D eigenvalue weighted by atomic mass is 16.5. The van der Waals surface area contributed by atoms with Crippen LogP contribution in [0.4, 0.5) is 0 Å². The summed E-state index contributed by atoms with van der Waals surface area (Å²) in [4.78, 5) is 27.1. The van der Waals surface area contributed by atoms with Gasteiger partial charge in [-0.3, -0.25) is 10.6 Å². The number of esters is 1. The van der Waals surface area contributed by atoms with Gasteiger partial charge in [-0.1, -0.05) is 121 Å². The standard InChI is InChI=1S/C42H38N2O5/c1-48-30-22-20-29(21-23-30)41(27-12-4-2-5-13-27,28-14-6-3-7-15-28)43-24-35-36-25-44-42(38(35)36,39(45)46)40(47)49-26-37-33-18-10-8-16-31(33)32-17-9-11-19-34(32)37/h2-23,35-38,43-44H,24-26H2,1H3,(H,45,46)/t35-,36-,38+,42+/m1/s1. The number of ether oxygens (including phenoxy) is 2. The number of nitrogens with one attached hydrogen (secondary N) is 2. The van der Waals surface area contributed by atoms with Crippen molar-refractivity contribution in [2.24, 2.45) is 17.8 Å². The Balaban J connectivity index is 1.07. The molecule has 1 heterocycles. The van der Waals surface area contributed by atoms with E-state index in [0.29, 0.717) is 13.1 Å². The van der Waals surface area contributed by atoms with Gasteiger partial charge in [0.05, 0.1) is 12.6 Å². The lowest BCUT2D eigenvalue weighted by Gasteiger charge is -2.38. The second-order valence-corrected chi connectivity index (χ2v) is 13.3. The van der Waals surface area contributed by atoms with Crippen LogP contribution < -0.4 is 15.4 Å². The van der Waals surface area contributed by atoms with E-state index in [9.17, 15) is 14.7 Å². The molecule has 3 N–H and O–H groups in total. The minimum absolute atomic E-state index is 0.0178. The van der Waals surface area contributed by atoms with E-state index in [2.05, 4.69) is 71.3 Å². The van der Waals surface area contributed by atoms with Crippen LogP contribution in [-0.2, 0) is 19.9 Å². The molecule has 5 aromatic rings. The number of hydrogen-bond acceptors (Lipinski definition) is 6. The predicted molar refractivity (Wildman–Crippen MR) is 187 cm³/mol. The van der Waals surface area contributed by atoms with E-state index >= 15 is 0 Å². The molecular weight excluding hydrogens is 612 g/mol. The highest BCUT2D eigenvalue weighted by Crippen LogP contribution is 2.57. The minimum atomic E-state index is -1.81. The third-order valence-corrected chi connectivity index (χ3v) is 11.0. The number of fused-ring (bicyclic) bond motifs is 4. The summed E-state index contributed by atoms with van der Waals surface area (Å²) in [5.74, 6) is -1.74. The number of carbonyl (C=O) groups excluding carboxylic acids is 1. The van der Waals surface area contributed by atoms with Gasteiger partial charge in [0.2, 0.25) is 5.54 Å². The first-order valence-electron chi connectivity index (χ1n) is 16.8. The van der Waals surface area contributed by atoms with Crippen molar-refractivity contribution < 1.29 is 24.2 Å². The Kier molecular flexibility index (Phi) is 7.82. The molecule has 0 unspecified atom stereocenters. The molecule has 0 spiro atoms. The molecule has 1 saturated carbocycles. The van der Waals surface area contributed by atoms with Gasteiger partial charge in [-0.25, -0.2) is 9.59 Å². The first-order valence-corrected chi connectivity index (χ1v) is 16.8. The van der Waals surface area contributed by atoms with Crippen LogP contribution >= 0.6 is 0 Å². The van der Waals surface area contributed by atoms with Gasteiger partial charge in [0.25, 0.3) is 0 Å². The lowest BCUT2D eigenvalue weighted by Crippen LogP contribution is -2.59. The zero-order chi connectivity index (χ0) is 33.6. The van der Waals surface area contributed by atoms with Gasteiger partial charge in [-0.15, -0.1) is 0 Å². The molecular formula is C42H38N2O5. The van der Waals surface area contributed by atoms with Crippen molar-refractivity contribution in [1.29, 1.82) is 0 Å². The quantitative estimate of drug-likeness (QED) is 0.0888. The van der Waals surface area contributed by atoms with Crippen molar-refractivity contribution in [2.75, 3.05) is 26.8 Å². The van der Waals surface area contributed by atoms with Gasteiger partial charge in [0.15, 0.2) is 0 Å². The smallest absolute Gasteiger partial charge is 0.338 e. The van der Waals surface area contributed by atoms with E-state index in [1.54, 1.807) is 7.11 Å². The Labute approximate surface area is 285 Å². The molecule has 49 heavy (non-hydrogen) atoms. The number of methoxy groups -OCH3 is 1. The molecule has 7 heteroatoms. The zero-order valence-electron chi connectivity index (χ0n) is 27.2. The average molecular weight is 651 g/mol. The van der Waals surface area contributed by atoms with Crippen LogP contribution in [0.3, 0.4) is 0 Å². The monoisotopic (exact) mass is 650 g/mol. The summed E-state index contributed by atoms with van der Waals surface area (Å²) < 4.78 is 11.5. The van der Waals surface area contributed by atoms with Crippen LogP contribution in [0.1, 0.15) is 33.7 Å². The molecule has 1 aliphatic heterocycles. The highest BCUT2D eigenvalue weighted by molar-refractivity contribution is 6.06.